The second kappa shape index (κ2) is 6.82. The van der Waals surface area contributed by atoms with Gasteiger partial charge in [0.15, 0.2) is 0 Å². The van der Waals surface area contributed by atoms with Crippen LogP contribution in [0.15, 0.2) is 36.4 Å². The van der Waals surface area contributed by atoms with Crippen molar-refractivity contribution in [2.45, 2.75) is 33.2 Å². The quantitative estimate of drug-likeness (QED) is 0.872. The van der Waals surface area contributed by atoms with E-state index in [0.717, 1.165) is 29.8 Å². The number of amides is 1. The monoisotopic (exact) mass is 310 g/mol. The Kier molecular flexibility index (Phi) is 4.60. The number of aryl methyl sites for hydroxylation is 1. The molecule has 3 rings (SSSR count). The topological polar surface area (TPSA) is 42.4 Å². The lowest BCUT2D eigenvalue weighted by molar-refractivity contribution is -0.131. The molecule has 1 aliphatic rings. The molecule has 2 aromatic rings. The number of carbonyl (C=O) groups excluding carboxylic acids is 1. The highest BCUT2D eigenvalue weighted by Gasteiger charge is 2.22. The molecule has 0 saturated carbocycles. The largest absolute Gasteiger partial charge is 0.478 e. The van der Waals surface area contributed by atoms with Crippen molar-refractivity contribution in [3.63, 3.8) is 0 Å². The lowest BCUT2D eigenvalue weighted by Crippen LogP contribution is -2.37. The summed E-state index contributed by atoms with van der Waals surface area (Å²) in [6.45, 7) is 5.98. The normalized spacial score (nSPS) is 13.6. The summed E-state index contributed by atoms with van der Waals surface area (Å²) in [6, 6.07) is 12.1. The van der Waals surface area contributed by atoms with Gasteiger partial charge in [-0.05, 0) is 25.0 Å². The van der Waals surface area contributed by atoms with Crippen molar-refractivity contribution in [3.8, 4) is 5.88 Å². The lowest BCUT2D eigenvalue weighted by atomic mass is 10.0. The Morgan fingerprint density at radius 3 is 2.96 bits per heavy atom. The molecule has 23 heavy (non-hydrogen) atoms. The summed E-state index contributed by atoms with van der Waals surface area (Å²) in [5, 5.41) is 0. The molecule has 0 bridgehead atoms. The molecular formula is C19H22N2O2. The third-order valence-corrected chi connectivity index (χ3v) is 4.11. The maximum absolute atomic E-state index is 12.5. The van der Waals surface area contributed by atoms with Crippen molar-refractivity contribution in [1.82, 2.24) is 9.88 Å². The fraction of sp³-hybridized carbons (Fsp3) is 0.368. The van der Waals surface area contributed by atoms with E-state index in [-0.39, 0.29) is 5.91 Å². The summed E-state index contributed by atoms with van der Waals surface area (Å²) in [5.41, 5.74) is 4.44. The summed E-state index contributed by atoms with van der Waals surface area (Å²) >= 11 is 0. The van der Waals surface area contributed by atoms with Crippen molar-refractivity contribution in [2.24, 2.45) is 0 Å². The zero-order chi connectivity index (χ0) is 16.2. The lowest BCUT2D eigenvalue weighted by Gasteiger charge is -2.28. The minimum atomic E-state index is 0.176. The first-order valence-electron chi connectivity index (χ1n) is 8.10. The van der Waals surface area contributed by atoms with Crippen molar-refractivity contribution in [2.75, 3.05) is 13.2 Å². The number of hydrogen-bond acceptors (Lipinski definition) is 3. The van der Waals surface area contributed by atoms with Crippen LogP contribution in [0.25, 0.3) is 0 Å². The average Bonchev–Trinajstić information content (AvgIpc) is 2.54. The first-order chi connectivity index (χ1) is 11.2. The molecule has 0 radical (unpaired) electrons. The molecule has 0 unspecified atom stereocenters. The summed E-state index contributed by atoms with van der Waals surface area (Å²) in [5.74, 6) is 0.848. The number of rotatable bonds is 4. The molecule has 0 N–H and O–H groups in total. The van der Waals surface area contributed by atoms with Gasteiger partial charge in [-0.3, -0.25) is 4.79 Å². The van der Waals surface area contributed by atoms with E-state index >= 15 is 0 Å². The number of pyridine rings is 1. The molecule has 1 amide bonds. The Balaban J connectivity index is 1.68. The van der Waals surface area contributed by atoms with E-state index in [4.69, 9.17) is 4.74 Å². The van der Waals surface area contributed by atoms with Gasteiger partial charge in [-0.25, -0.2) is 4.98 Å². The predicted molar refractivity (Wildman–Crippen MR) is 89.4 cm³/mol. The first-order valence-corrected chi connectivity index (χ1v) is 8.10. The molecule has 0 saturated heterocycles. The molecule has 4 heteroatoms. The molecule has 0 spiro atoms. The number of benzene rings is 1. The Hall–Kier alpha value is -2.36. The Morgan fingerprint density at radius 2 is 2.17 bits per heavy atom. The Bertz CT molecular complexity index is 712. The van der Waals surface area contributed by atoms with Crippen LogP contribution in [0.1, 0.15) is 29.3 Å². The zero-order valence-corrected chi connectivity index (χ0v) is 13.7. The van der Waals surface area contributed by atoms with Gasteiger partial charge in [-0.1, -0.05) is 35.9 Å². The molecule has 0 atom stereocenters. The van der Waals surface area contributed by atoms with E-state index in [1.807, 2.05) is 49.1 Å². The van der Waals surface area contributed by atoms with Crippen LogP contribution in [-0.4, -0.2) is 28.9 Å². The standard InChI is InChI=1S/C19H22N2O2/c1-3-23-18-8-7-16-13-21(10-9-17(16)20-18)19(22)12-15-6-4-5-14(2)11-15/h4-8,11H,3,9-10,12-13H2,1-2H3. The van der Waals surface area contributed by atoms with E-state index in [0.29, 0.717) is 25.5 Å². The fourth-order valence-electron chi connectivity index (χ4n) is 2.95. The van der Waals surface area contributed by atoms with Crippen LogP contribution < -0.4 is 4.74 Å². The van der Waals surface area contributed by atoms with Gasteiger partial charge in [0.1, 0.15) is 0 Å². The number of carbonyl (C=O) groups is 1. The minimum Gasteiger partial charge on any atom is -0.478 e. The van der Waals surface area contributed by atoms with Gasteiger partial charge in [0.25, 0.3) is 0 Å². The second-order valence-corrected chi connectivity index (χ2v) is 5.92. The van der Waals surface area contributed by atoms with Gasteiger partial charge in [-0.15, -0.1) is 0 Å². The number of ether oxygens (including phenoxy) is 1. The van der Waals surface area contributed by atoms with Gasteiger partial charge in [-0.2, -0.15) is 0 Å². The summed E-state index contributed by atoms with van der Waals surface area (Å²) < 4.78 is 5.44. The van der Waals surface area contributed by atoms with Gasteiger partial charge in [0, 0.05) is 25.6 Å². The van der Waals surface area contributed by atoms with Crippen LogP contribution in [-0.2, 0) is 24.2 Å². The second-order valence-electron chi connectivity index (χ2n) is 5.92. The highest BCUT2D eigenvalue weighted by Crippen LogP contribution is 2.21. The highest BCUT2D eigenvalue weighted by molar-refractivity contribution is 5.79. The van der Waals surface area contributed by atoms with Crippen molar-refractivity contribution in [3.05, 3.63) is 58.8 Å². The third kappa shape index (κ3) is 3.70. The van der Waals surface area contributed by atoms with Crippen LogP contribution in [0, 0.1) is 6.92 Å². The minimum absolute atomic E-state index is 0.176. The SMILES string of the molecule is CCOc1ccc2c(n1)CCN(C(=O)Cc1cccc(C)c1)C2. The summed E-state index contributed by atoms with van der Waals surface area (Å²) in [4.78, 5) is 19.0. The van der Waals surface area contributed by atoms with E-state index in [9.17, 15) is 4.79 Å². The Labute approximate surface area is 137 Å². The van der Waals surface area contributed by atoms with E-state index < -0.39 is 0 Å². The van der Waals surface area contributed by atoms with E-state index in [1.165, 1.54) is 5.56 Å². The van der Waals surface area contributed by atoms with Gasteiger partial charge in [0.05, 0.1) is 18.7 Å². The van der Waals surface area contributed by atoms with E-state index in [1.54, 1.807) is 0 Å². The molecule has 4 nitrogen and oxygen atoms in total. The molecule has 0 aliphatic carbocycles. The van der Waals surface area contributed by atoms with Crippen LogP contribution in [0.2, 0.25) is 0 Å². The van der Waals surface area contributed by atoms with Gasteiger partial charge in [0.2, 0.25) is 11.8 Å². The number of hydrogen-bond donors (Lipinski definition) is 0. The average molecular weight is 310 g/mol. The van der Waals surface area contributed by atoms with E-state index in [2.05, 4.69) is 11.1 Å². The summed E-state index contributed by atoms with van der Waals surface area (Å²) in [6.07, 6.45) is 1.25. The smallest absolute Gasteiger partial charge is 0.227 e. The molecule has 2 heterocycles. The molecule has 120 valence electrons. The molecule has 1 aromatic heterocycles. The van der Waals surface area contributed by atoms with Crippen molar-refractivity contribution < 1.29 is 9.53 Å². The number of fused-ring (bicyclic) bond motifs is 1. The summed E-state index contributed by atoms with van der Waals surface area (Å²) in [7, 11) is 0. The third-order valence-electron chi connectivity index (χ3n) is 4.11. The number of nitrogens with zero attached hydrogens (tertiary/aromatic N) is 2. The van der Waals surface area contributed by atoms with Gasteiger partial charge >= 0.3 is 0 Å². The van der Waals surface area contributed by atoms with Crippen molar-refractivity contribution >= 4 is 5.91 Å². The fourth-order valence-corrected chi connectivity index (χ4v) is 2.95. The van der Waals surface area contributed by atoms with Crippen LogP contribution in [0.3, 0.4) is 0 Å². The van der Waals surface area contributed by atoms with Crippen LogP contribution in [0.5, 0.6) is 5.88 Å². The predicted octanol–water partition coefficient (Wildman–Crippen LogP) is 2.92. The van der Waals surface area contributed by atoms with Gasteiger partial charge < -0.3 is 9.64 Å². The zero-order valence-electron chi connectivity index (χ0n) is 13.7. The maximum Gasteiger partial charge on any atom is 0.227 e. The number of aromatic nitrogens is 1. The van der Waals surface area contributed by atoms with Crippen molar-refractivity contribution in [1.29, 1.82) is 0 Å². The molecule has 1 aliphatic heterocycles. The Morgan fingerprint density at radius 1 is 1.30 bits per heavy atom. The van der Waals surface area contributed by atoms with Crippen LogP contribution in [0.4, 0.5) is 0 Å². The van der Waals surface area contributed by atoms with Crippen LogP contribution >= 0.6 is 0 Å². The highest BCUT2D eigenvalue weighted by atomic mass is 16.5. The molecule has 1 aromatic carbocycles. The molecular weight excluding hydrogens is 288 g/mol. The maximum atomic E-state index is 12.5. The first kappa shape index (κ1) is 15.5. The molecule has 0 fully saturated rings.